The van der Waals surface area contributed by atoms with Crippen LogP contribution in [0.5, 0.6) is 0 Å². The zero-order chi connectivity index (χ0) is 20.7. The van der Waals surface area contributed by atoms with E-state index >= 15 is 0 Å². The van der Waals surface area contributed by atoms with Crippen molar-refractivity contribution in [1.82, 2.24) is 9.38 Å². The predicted molar refractivity (Wildman–Crippen MR) is 108 cm³/mol. The molecule has 0 bridgehead atoms. The number of imidazole rings is 1. The van der Waals surface area contributed by atoms with Crippen LogP contribution in [-0.2, 0) is 0 Å². The maximum Gasteiger partial charge on any atom is 0.176 e. The zero-order valence-corrected chi connectivity index (χ0v) is 16.4. The Labute approximate surface area is 169 Å². The summed E-state index contributed by atoms with van der Waals surface area (Å²) in [6, 6.07) is 14.7. The minimum absolute atomic E-state index is 0.112. The summed E-state index contributed by atoms with van der Waals surface area (Å²) >= 11 is 1.29. The molecule has 0 spiro atoms. The van der Waals surface area contributed by atoms with Crippen LogP contribution in [0.1, 0.15) is 28.4 Å². The minimum atomic E-state index is -1.05. The van der Waals surface area contributed by atoms with Crippen molar-refractivity contribution in [1.29, 1.82) is 5.26 Å². The number of para-hydroxylation sites is 2. The maximum absolute atomic E-state index is 13.5. The predicted octanol–water partition coefficient (Wildman–Crippen LogP) is 5.31. The van der Waals surface area contributed by atoms with Gasteiger partial charge in [0.1, 0.15) is 6.07 Å². The summed E-state index contributed by atoms with van der Waals surface area (Å²) in [7, 11) is 0. The number of ketones is 1. The molecule has 0 aliphatic rings. The third-order valence-corrected chi connectivity index (χ3v) is 5.83. The molecule has 1 atom stereocenters. The molecule has 0 radical (unpaired) electrons. The molecule has 0 aliphatic heterocycles. The highest BCUT2D eigenvalue weighted by atomic mass is 32.2. The molecular weight excluding hydrogens is 392 g/mol. The summed E-state index contributed by atoms with van der Waals surface area (Å²) in [4.78, 5) is 17.4. The van der Waals surface area contributed by atoms with Gasteiger partial charge in [0.05, 0.1) is 26.9 Å². The molecule has 4 aromatic rings. The summed E-state index contributed by atoms with van der Waals surface area (Å²) in [5.41, 5.74) is 3.45. The molecular formula is C22H15F2N3OS. The van der Waals surface area contributed by atoms with E-state index in [-0.39, 0.29) is 11.3 Å². The number of aryl methyl sites for hydroxylation is 1. The Hall–Kier alpha value is -3.24. The van der Waals surface area contributed by atoms with Crippen LogP contribution >= 0.6 is 11.8 Å². The number of nitrogens with zero attached hydrogens (tertiary/aromatic N) is 3. The van der Waals surface area contributed by atoms with E-state index in [0.29, 0.717) is 11.2 Å². The van der Waals surface area contributed by atoms with Crippen LogP contribution in [0.3, 0.4) is 0 Å². The fraction of sp³-hybridized carbons (Fsp3) is 0.136. The zero-order valence-electron chi connectivity index (χ0n) is 15.6. The second kappa shape index (κ2) is 7.30. The topological polar surface area (TPSA) is 58.2 Å². The molecule has 0 amide bonds. The number of carbonyl (C=O) groups is 1. The number of rotatable bonds is 4. The van der Waals surface area contributed by atoms with E-state index in [0.717, 1.165) is 33.8 Å². The number of Topliss-reactive ketones (excluding diaryl/α,β-unsaturated/α-hetero) is 1. The quantitative estimate of drug-likeness (QED) is 0.340. The van der Waals surface area contributed by atoms with Crippen LogP contribution in [0, 0.1) is 29.9 Å². The first-order valence-corrected chi connectivity index (χ1v) is 9.75. The first-order chi connectivity index (χ1) is 13.9. The Kier molecular flexibility index (Phi) is 4.81. The lowest BCUT2D eigenvalue weighted by Crippen LogP contribution is -2.15. The van der Waals surface area contributed by atoms with Crippen molar-refractivity contribution in [2.75, 3.05) is 0 Å². The highest BCUT2D eigenvalue weighted by Gasteiger charge is 2.22. The Morgan fingerprint density at radius 3 is 2.66 bits per heavy atom. The molecule has 2 heterocycles. The fourth-order valence-electron chi connectivity index (χ4n) is 3.26. The fourth-order valence-corrected chi connectivity index (χ4v) is 4.40. The van der Waals surface area contributed by atoms with Crippen LogP contribution in [0.25, 0.3) is 16.7 Å². The van der Waals surface area contributed by atoms with Crippen LogP contribution < -0.4 is 0 Å². The summed E-state index contributed by atoms with van der Waals surface area (Å²) in [6.45, 7) is 3.54. The first kappa shape index (κ1) is 19.1. The van der Waals surface area contributed by atoms with Crippen molar-refractivity contribution in [2.24, 2.45) is 0 Å². The molecule has 0 aliphatic carbocycles. The number of carbonyl (C=O) groups excluding carboxylic acids is 1. The van der Waals surface area contributed by atoms with Gasteiger partial charge in [-0.2, -0.15) is 5.26 Å². The second-order valence-corrected chi connectivity index (χ2v) is 8.03. The average molecular weight is 407 g/mol. The molecule has 144 valence electrons. The molecule has 0 N–H and O–H groups in total. The van der Waals surface area contributed by atoms with Gasteiger partial charge in [-0.05, 0) is 55.8 Å². The van der Waals surface area contributed by atoms with Crippen molar-refractivity contribution >= 4 is 34.2 Å². The van der Waals surface area contributed by atoms with Gasteiger partial charge in [0, 0.05) is 5.56 Å². The third-order valence-electron chi connectivity index (χ3n) is 4.72. The van der Waals surface area contributed by atoms with Crippen LogP contribution in [0.15, 0.2) is 53.6 Å². The molecule has 0 fully saturated rings. The van der Waals surface area contributed by atoms with E-state index < -0.39 is 16.9 Å². The molecule has 0 unspecified atom stereocenters. The third kappa shape index (κ3) is 3.26. The lowest BCUT2D eigenvalue weighted by atomic mass is 10.1. The molecule has 0 saturated carbocycles. The van der Waals surface area contributed by atoms with Crippen molar-refractivity contribution < 1.29 is 13.6 Å². The monoisotopic (exact) mass is 407 g/mol. The standard InChI is InChI=1S/C22H15F2N3OS/c1-12-9-20(29-13(2)21(28)14-7-8-16(23)17(24)10-14)27-19-6-4-3-5-18(19)26-22(27)15(12)11-25/h3-10,13H,1-2H3/t13-/m1/s1. The normalized spacial score (nSPS) is 12.2. The van der Waals surface area contributed by atoms with Crippen LogP contribution in [0.2, 0.25) is 0 Å². The number of hydrogen-bond acceptors (Lipinski definition) is 4. The minimum Gasteiger partial charge on any atom is -0.293 e. The van der Waals surface area contributed by atoms with Gasteiger partial charge in [0.2, 0.25) is 0 Å². The number of benzene rings is 2. The number of hydrogen-bond donors (Lipinski definition) is 0. The summed E-state index contributed by atoms with van der Waals surface area (Å²) < 4.78 is 28.6. The lowest BCUT2D eigenvalue weighted by Gasteiger charge is -2.14. The van der Waals surface area contributed by atoms with E-state index in [1.165, 1.54) is 17.8 Å². The number of pyridine rings is 1. The summed E-state index contributed by atoms with van der Waals surface area (Å²) in [5, 5.41) is 9.75. The van der Waals surface area contributed by atoms with Crippen molar-refractivity contribution in [3.05, 3.63) is 76.9 Å². The Balaban J connectivity index is 1.80. The second-order valence-electron chi connectivity index (χ2n) is 6.67. The van der Waals surface area contributed by atoms with Gasteiger partial charge >= 0.3 is 0 Å². The number of aromatic nitrogens is 2. The van der Waals surface area contributed by atoms with Gasteiger partial charge < -0.3 is 0 Å². The molecule has 0 saturated heterocycles. The average Bonchev–Trinajstić information content (AvgIpc) is 3.09. The maximum atomic E-state index is 13.5. The highest BCUT2D eigenvalue weighted by molar-refractivity contribution is 8.00. The molecule has 7 heteroatoms. The number of fused-ring (bicyclic) bond motifs is 3. The highest BCUT2D eigenvalue weighted by Crippen LogP contribution is 2.32. The molecule has 4 nitrogen and oxygen atoms in total. The van der Waals surface area contributed by atoms with Gasteiger partial charge in [-0.15, -0.1) is 0 Å². The van der Waals surface area contributed by atoms with Crippen LogP contribution in [0.4, 0.5) is 8.78 Å². The smallest absolute Gasteiger partial charge is 0.176 e. The number of halogens is 2. The Morgan fingerprint density at radius 1 is 1.17 bits per heavy atom. The molecule has 2 aromatic carbocycles. The summed E-state index contributed by atoms with van der Waals surface area (Å²) in [6.07, 6.45) is 0. The van der Waals surface area contributed by atoms with Crippen molar-refractivity contribution in [3.8, 4) is 6.07 Å². The Bertz CT molecular complexity index is 1320. The van der Waals surface area contributed by atoms with E-state index in [1.807, 2.05) is 41.7 Å². The van der Waals surface area contributed by atoms with Gasteiger partial charge in [-0.25, -0.2) is 13.8 Å². The number of thioether (sulfide) groups is 1. The van der Waals surface area contributed by atoms with Crippen molar-refractivity contribution in [2.45, 2.75) is 24.1 Å². The molecule has 2 aromatic heterocycles. The van der Waals surface area contributed by atoms with Gasteiger partial charge in [0.15, 0.2) is 23.1 Å². The van der Waals surface area contributed by atoms with E-state index in [1.54, 1.807) is 6.92 Å². The SMILES string of the molecule is Cc1cc(S[C@H](C)C(=O)c2ccc(F)c(F)c2)n2c(nc3ccccc32)c1C#N. The number of nitriles is 1. The Morgan fingerprint density at radius 2 is 1.93 bits per heavy atom. The summed E-state index contributed by atoms with van der Waals surface area (Å²) in [5.74, 6) is -2.35. The first-order valence-electron chi connectivity index (χ1n) is 8.87. The van der Waals surface area contributed by atoms with Gasteiger partial charge in [0.25, 0.3) is 0 Å². The largest absolute Gasteiger partial charge is 0.293 e. The van der Waals surface area contributed by atoms with E-state index in [9.17, 15) is 18.8 Å². The van der Waals surface area contributed by atoms with Gasteiger partial charge in [-0.1, -0.05) is 23.9 Å². The molecule has 29 heavy (non-hydrogen) atoms. The molecule has 4 rings (SSSR count). The van der Waals surface area contributed by atoms with E-state index in [4.69, 9.17) is 0 Å². The van der Waals surface area contributed by atoms with Crippen molar-refractivity contribution in [3.63, 3.8) is 0 Å². The van der Waals surface area contributed by atoms with Gasteiger partial charge in [-0.3, -0.25) is 9.20 Å². The van der Waals surface area contributed by atoms with E-state index in [2.05, 4.69) is 11.1 Å². The van der Waals surface area contributed by atoms with Crippen LogP contribution in [-0.4, -0.2) is 20.4 Å². The lowest BCUT2D eigenvalue weighted by molar-refractivity contribution is 0.0993.